The topological polar surface area (TPSA) is 20.3 Å². The fourth-order valence-corrected chi connectivity index (χ4v) is 7.44. The molecule has 1 fully saturated rings. The Kier molecular flexibility index (Phi) is 27.7. The summed E-state index contributed by atoms with van der Waals surface area (Å²) in [6, 6.07) is 0. The Bertz CT molecular complexity index is 552. The summed E-state index contributed by atoms with van der Waals surface area (Å²) in [6.07, 6.45) is 39.1. The van der Waals surface area contributed by atoms with E-state index in [1.165, 1.54) is 193 Å². The summed E-state index contributed by atoms with van der Waals surface area (Å²) < 4.78 is 0. The van der Waals surface area contributed by atoms with Gasteiger partial charge < -0.3 is 4.90 Å². The van der Waals surface area contributed by atoms with Crippen molar-refractivity contribution in [2.24, 2.45) is 17.8 Å². The minimum Gasteiger partial charge on any atom is -0.303 e. The van der Waals surface area contributed by atoms with Crippen LogP contribution in [-0.2, 0) is 4.79 Å². The van der Waals surface area contributed by atoms with E-state index in [0.29, 0.717) is 11.7 Å². The summed E-state index contributed by atoms with van der Waals surface area (Å²) in [5.74, 6) is 2.78. The summed E-state index contributed by atoms with van der Waals surface area (Å²) >= 11 is 0. The van der Waals surface area contributed by atoms with Crippen molar-refractivity contribution in [1.82, 2.24) is 4.90 Å². The second-order valence-electron chi connectivity index (χ2n) is 14.4. The number of carbonyl (C=O) groups excluding carboxylic acids is 1. The highest BCUT2D eigenvalue weighted by molar-refractivity contribution is 5.81. The summed E-state index contributed by atoms with van der Waals surface area (Å²) in [4.78, 5) is 15.7. The predicted molar refractivity (Wildman–Crippen MR) is 189 cm³/mol. The van der Waals surface area contributed by atoms with E-state index < -0.39 is 0 Å². The van der Waals surface area contributed by atoms with E-state index in [0.717, 1.165) is 24.7 Å². The number of unbranched alkanes of at least 4 members (excludes halogenated alkanes) is 19. The maximum atomic E-state index is 12.9. The zero-order valence-electron chi connectivity index (χ0n) is 29.7. The van der Waals surface area contributed by atoms with Gasteiger partial charge >= 0.3 is 0 Å². The van der Waals surface area contributed by atoms with Crippen LogP contribution in [0.4, 0.5) is 0 Å². The Labute approximate surface area is 266 Å². The van der Waals surface area contributed by atoms with Crippen molar-refractivity contribution in [2.45, 2.75) is 214 Å². The molecule has 0 aromatic rings. The van der Waals surface area contributed by atoms with Gasteiger partial charge in [0.15, 0.2) is 0 Å². The number of hydrogen-bond acceptors (Lipinski definition) is 2. The molecule has 2 heteroatoms. The first-order chi connectivity index (χ1) is 20.7. The van der Waals surface area contributed by atoms with Crippen LogP contribution < -0.4 is 0 Å². The van der Waals surface area contributed by atoms with E-state index in [1.807, 2.05) is 0 Å². The second-order valence-corrected chi connectivity index (χ2v) is 14.4. The number of ketones is 1. The van der Waals surface area contributed by atoms with Gasteiger partial charge in [-0.3, -0.25) is 4.79 Å². The summed E-state index contributed by atoms with van der Waals surface area (Å²) in [5.41, 5.74) is 0. The number of hydrogen-bond donors (Lipinski definition) is 0. The standard InChI is InChI=1S/C40H79NO/c1-5-9-12-15-19-24-29-37(30-25-20-16-13-10-6-2)38-35-39(36-38)40(42)31-26-21-18-23-28-34-41(32-8-4)33-27-22-17-14-11-7-3/h37-39H,5-36H2,1-4H3. The van der Waals surface area contributed by atoms with Crippen LogP contribution in [0.3, 0.4) is 0 Å². The van der Waals surface area contributed by atoms with E-state index in [9.17, 15) is 4.79 Å². The van der Waals surface area contributed by atoms with Crippen LogP contribution in [0.15, 0.2) is 0 Å². The highest BCUT2D eigenvalue weighted by atomic mass is 16.1. The van der Waals surface area contributed by atoms with Gasteiger partial charge in [-0.25, -0.2) is 0 Å². The fraction of sp³-hybridized carbons (Fsp3) is 0.975. The molecule has 0 spiro atoms. The normalized spacial score (nSPS) is 16.9. The average Bonchev–Trinajstić information content (AvgIpc) is 2.96. The Morgan fingerprint density at radius 2 is 0.905 bits per heavy atom. The van der Waals surface area contributed by atoms with Crippen LogP contribution in [0, 0.1) is 17.8 Å². The van der Waals surface area contributed by atoms with E-state index in [2.05, 4.69) is 32.6 Å². The molecular formula is C40H79NO. The molecule has 0 radical (unpaired) electrons. The van der Waals surface area contributed by atoms with Crippen molar-refractivity contribution >= 4 is 5.78 Å². The Balaban J connectivity index is 2.18. The molecule has 0 unspecified atom stereocenters. The van der Waals surface area contributed by atoms with E-state index in [4.69, 9.17) is 0 Å². The number of nitrogens with zero attached hydrogens (tertiary/aromatic N) is 1. The summed E-state index contributed by atoms with van der Waals surface area (Å²) in [7, 11) is 0. The molecule has 0 aromatic carbocycles. The minimum absolute atomic E-state index is 0.413. The van der Waals surface area contributed by atoms with Crippen molar-refractivity contribution < 1.29 is 4.79 Å². The maximum Gasteiger partial charge on any atom is 0.135 e. The molecule has 1 aliphatic carbocycles. The molecule has 0 saturated heterocycles. The molecule has 0 aliphatic heterocycles. The SMILES string of the molecule is CCCCCCCCC(CCCCCCCC)C1CC(C(=O)CCCCCCCN(CCC)CCCCCCCC)C1. The Morgan fingerprint density at radius 1 is 0.500 bits per heavy atom. The first-order valence-electron chi connectivity index (χ1n) is 19.9. The first-order valence-corrected chi connectivity index (χ1v) is 19.9. The lowest BCUT2D eigenvalue weighted by molar-refractivity contribution is -0.128. The van der Waals surface area contributed by atoms with Gasteiger partial charge in [-0.1, -0.05) is 169 Å². The van der Waals surface area contributed by atoms with Gasteiger partial charge in [0, 0.05) is 12.3 Å². The highest BCUT2D eigenvalue weighted by Gasteiger charge is 2.37. The zero-order chi connectivity index (χ0) is 30.5. The lowest BCUT2D eigenvalue weighted by Gasteiger charge is -2.40. The highest BCUT2D eigenvalue weighted by Crippen LogP contribution is 2.44. The summed E-state index contributed by atoms with van der Waals surface area (Å²) in [6.45, 7) is 13.1. The molecule has 42 heavy (non-hydrogen) atoms. The van der Waals surface area contributed by atoms with Crippen molar-refractivity contribution in [3.8, 4) is 0 Å². The predicted octanol–water partition coefficient (Wildman–Crippen LogP) is 13.1. The van der Waals surface area contributed by atoms with Gasteiger partial charge in [-0.15, -0.1) is 0 Å². The average molecular weight is 590 g/mol. The maximum absolute atomic E-state index is 12.9. The molecule has 0 atom stereocenters. The van der Waals surface area contributed by atoms with Gasteiger partial charge in [0.1, 0.15) is 5.78 Å². The van der Waals surface area contributed by atoms with Crippen molar-refractivity contribution in [3.05, 3.63) is 0 Å². The number of Topliss-reactive ketones (excluding diaryl/α,β-unsaturated/α-hetero) is 1. The molecule has 1 rings (SSSR count). The van der Waals surface area contributed by atoms with E-state index in [1.54, 1.807) is 0 Å². The van der Waals surface area contributed by atoms with Crippen LogP contribution >= 0.6 is 0 Å². The van der Waals surface area contributed by atoms with Crippen LogP contribution in [0.25, 0.3) is 0 Å². The second kappa shape index (κ2) is 29.3. The van der Waals surface area contributed by atoms with Gasteiger partial charge in [0.2, 0.25) is 0 Å². The number of rotatable bonds is 33. The van der Waals surface area contributed by atoms with Crippen molar-refractivity contribution in [2.75, 3.05) is 19.6 Å². The third-order valence-electron chi connectivity index (χ3n) is 10.4. The first kappa shape index (κ1) is 39.7. The van der Waals surface area contributed by atoms with E-state index >= 15 is 0 Å². The van der Waals surface area contributed by atoms with E-state index in [-0.39, 0.29) is 0 Å². The minimum atomic E-state index is 0.413. The molecule has 0 N–H and O–H groups in total. The van der Waals surface area contributed by atoms with Gasteiger partial charge in [0.25, 0.3) is 0 Å². The van der Waals surface area contributed by atoms with Crippen LogP contribution in [0.2, 0.25) is 0 Å². The molecule has 250 valence electrons. The lowest BCUT2D eigenvalue weighted by atomic mass is 9.64. The fourth-order valence-electron chi connectivity index (χ4n) is 7.44. The van der Waals surface area contributed by atoms with Gasteiger partial charge in [-0.05, 0) is 70.0 Å². The molecule has 0 amide bonds. The summed E-state index contributed by atoms with van der Waals surface area (Å²) in [5, 5.41) is 0. The van der Waals surface area contributed by atoms with Crippen molar-refractivity contribution in [3.63, 3.8) is 0 Å². The van der Waals surface area contributed by atoms with Crippen molar-refractivity contribution in [1.29, 1.82) is 0 Å². The Morgan fingerprint density at radius 3 is 1.36 bits per heavy atom. The van der Waals surface area contributed by atoms with Crippen LogP contribution in [0.5, 0.6) is 0 Å². The number of carbonyl (C=O) groups is 1. The van der Waals surface area contributed by atoms with Crippen LogP contribution in [0.1, 0.15) is 214 Å². The molecule has 0 bridgehead atoms. The Hall–Kier alpha value is -0.370. The molecule has 0 heterocycles. The third kappa shape index (κ3) is 21.4. The zero-order valence-corrected chi connectivity index (χ0v) is 29.7. The monoisotopic (exact) mass is 590 g/mol. The largest absolute Gasteiger partial charge is 0.303 e. The quantitative estimate of drug-likeness (QED) is 0.0709. The molecule has 1 saturated carbocycles. The molecule has 1 aliphatic rings. The smallest absolute Gasteiger partial charge is 0.135 e. The molecular weight excluding hydrogens is 510 g/mol. The van der Waals surface area contributed by atoms with Gasteiger partial charge in [-0.2, -0.15) is 0 Å². The molecule has 0 aromatic heterocycles. The lowest BCUT2D eigenvalue weighted by Crippen LogP contribution is -2.35. The third-order valence-corrected chi connectivity index (χ3v) is 10.4. The van der Waals surface area contributed by atoms with Crippen LogP contribution in [-0.4, -0.2) is 30.3 Å². The molecule has 2 nitrogen and oxygen atoms in total. The van der Waals surface area contributed by atoms with Gasteiger partial charge in [0.05, 0.1) is 0 Å².